The number of aliphatic hydroxyl groups is 1. The molecule has 0 aromatic heterocycles. The zero-order chi connectivity index (χ0) is 13.9. The van der Waals surface area contributed by atoms with E-state index >= 15 is 0 Å². The minimum absolute atomic E-state index is 0.184. The van der Waals surface area contributed by atoms with Crippen LogP contribution in [0.2, 0.25) is 0 Å². The van der Waals surface area contributed by atoms with Crippen molar-refractivity contribution in [1.82, 2.24) is 5.32 Å². The Morgan fingerprint density at radius 2 is 2.05 bits per heavy atom. The molecule has 1 rings (SSSR count). The molecule has 0 aliphatic carbocycles. The number of halogens is 1. The maximum Gasteiger partial charge on any atom is 0.123 e. The number of benzene rings is 1. The van der Waals surface area contributed by atoms with Gasteiger partial charge in [-0.3, -0.25) is 0 Å². The highest BCUT2D eigenvalue weighted by atomic mass is 19.1. The third-order valence-corrected chi connectivity index (χ3v) is 2.56. The van der Waals surface area contributed by atoms with Crippen LogP contribution in [0.15, 0.2) is 24.3 Å². The number of nitrogens with one attached hydrogen (secondary N) is 1. The summed E-state index contributed by atoms with van der Waals surface area (Å²) in [6.45, 7) is 1.48. The molecule has 1 aromatic carbocycles. The molecule has 0 heterocycles. The number of aliphatic hydroxyl groups excluding tert-OH is 1. The van der Waals surface area contributed by atoms with Gasteiger partial charge in [0.15, 0.2) is 0 Å². The third-order valence-electron chi connectivity index (χ3n) is 2.56. The number of terminal acetylenes is 1. The standard InChI is InChI=1S/C15H20FNO2/c1-2-3-4-5-10-17-11-14(18)12-19-15-8-6-13(16)7-9-15/h1,6-9,14,17-18H,3-5,10-12H2. The van der Waals surface area contributed by atoms with E-state index in [4.69, 9.17) is 11.2 Å². The van der Waals surface area contributed by atoms with E-state index in [1.54, 1.807) is 0 Å². The Labute approximate surface area is 113 Å². The Hall–Kier alpha value is -1.57. The van der Waals surface area contributed by atoms with Gasteiger partial charge >= 0.3 is 0 Å². The number of ether oxygens (including phenoxy) is 1. The lowest BCUT2D eigenvalue weighted by Crippen LogP contribution is -2.32. The molecule has 0 saturated carbocycles. The summed E-state index contributed by atoms with van der Waals surface area (Å²) in [5.74, 6) is 2.83. The average molecular weight is 265 g/mol. The summed E-state index contributed by atoms with van der Waals surface area (Å²) >= 11 is 0. The van der Waals surface area contributed by atoms with Gasteiger partial charge in [0.1, 0.15) is 24.3 Å². The van der Waals surface area contributed by atoms with Crippen molar-refractivity contribution >= 4 is 0 Å². The van der Waals surface area contributed by atoms with Gasteiger partial charge in [0.05, 0.1) is 0 Å². The molecule has 0 radical (unpaired) electrons. The third kappa shape index (κ3) is 7.45. The monoisotopic (exact) mass is 265 g/mol. The number of hydrogen-bond acceptors (Lipinski definition) is 3. The highest BCUT2D eigenvalue weighted by Gasteiger charge is 2.04. The van der Waals surface area contributed by atoms with Gasteiger partial charge in [0.2, 0.25) is 0 Å². The van der Waals surface area contributed by atoms with Crippen molar-refractivity contribution < 1.29 is 14.2 Å². The second-order valence-corrected chi connectivity index (χ2v) is 4.28. The minimum atomic E-state index is -0.585. The number of unbranched alkanes of at least 4 members (excludes halogenated alkanes) is 2. The molecular formula is C15H20FNO2. The fourth-order valence-corrected chi connectivity index (χ4v) is 1.53. The summed E-state index contributed by atoms with van der Waals surface area (Å²) in [4.78, 5) is 0. The molecule has 0 spiro atoms. The van der Waals surface area contributed by atoms with Crippen LogP contribution in [-0.4, -0.2) is 30.9 Å². The van der Waals surface area contributed by atoms with Crippen molar-refractivity contribution in [1.29, 1.82) is 0 Å². The molecule has 4 heteroatoms. The van der Waals surface area contributed by atoms with E-state index < -0.39 is 6.10 Å². The van der Waals surface area contributed by atoms with Crippen LogP contribution in [0.4, 0.5) is 4.39 Å². The fourth-order valence-electron chi connectivity index (χ4n) is 1.53. The van der Waals surface area contributed by atoms with E-state index in [-0.39, 0.29) is 12.4 Å². The molecule has 3 nitrogen and oxygen atoms in total. The predicted molar refractivity (Wildman–Crippen MR) is 73.5 cm³/mol. The Kier molecular flexibility index (Phi) is 7.64. The molecule has 2 N–H and O–H groups in total. The van der Waals surface area contributed by atoms with E-state index in [1.807, 2.05) is 0 Å². The van der Waals surface area contributed by atoms with Gasteiger partial charge in [0, 0.05) is 13.0 Å². The first-order chi connectivity index (χ1) is 9.22. The Morgan fingerprint density at radius 3 is 2.74 bits per heavy atom. The van der Waals surface area contributed by atoms with E-state index in [0.29, 0.717) is 12.3 Å². The van der Waals surface area contributed by atoms with Crippen molar-refractivity contribution in [3.8, 4) is 18.1 Å². The van der Waals surface area contributed by atoms with Gasteiger partial charge in [-0.1, -0.05) is 0 Å². The van der Waals surface area contributed by atoms with E-state index in [2.05, 4.69) is 11.2 Å². The topological polar surface area (TPSA) is 41.5 Å². The molecule has 1 aromatic rings. The van der Waals surface area contributed by atoms with Crippen molar-refractivity contribution in [2.45, 2.75) is 25.4 Å². The van der Waals surface area contributed by atoms with Gasteiger partial charge < -0.3 is 15.2 Å². The highest BCUT2D eigenvalue weighted by Crippen LogP contribution is 2.11. The van der Waals surface area contributed by atoms with E-state index in [1.165, 1.54) is 24.3 Å². The number of hydrogen-bond donors (Lipinski definition) is 2. The van der Waals surface area contributed by atoms with E-state index in [0.717, 1.165) is 25.8 Å². The molecule has 0 saturated heterocycles. The van der Waals surface area contributed by atoms with Gasteiger partial charge in [-0.2, -0.15) is 0 Å². The second-order valence-electron chi connectivity index (χ2n) is 4.28. The van der Waals surface area contributed by atoms with Gasteiger partial charge in [-0.05, 0) is 43.7 Å². The van der Waals surface area contributed by atoms with Crippen LogP contribution < -0.4 is 10.1 Å². The van der Waals surface area contributed by atoms with Crippen molar-refractivity contribution in [3.63, 3.8) is 0 Å². The minimum Gasteiger partial charge on any atom is -0.491 e. The molecule has 1 unspecified atom stereocenters. The van der Waals surface area contributed by atoms with Crippen LogP contribution in [0, 0.1) is 18.2 Å². The molecule has 19 heavy (non-hydrogen) atoms. The highest BCUT2D eigenvalue weighted by molar-refractivity contribution is 5.22. The normalized spacial score (nSPS) is 11.8. The maximum absolute atomic E-state index is 12.7. The van der Waals surface area contributed by atoms with Crippen molar-refractivity contribution in [2.24, 2.45) is 0 Å². The van der Waals surface area contributed by atoms with Crippen LogP contribution in [0.5, 0.6) is 5.75 Å². The summed E-state index contributed by atoms with van der Waals surface area (Å²) in [5, 5.41) is 12.8. The van der Waals surface area contributed by atoms with Crippen molar-refractivity contribution in [2.75, 3.05) is 19.7 Å². The lowest BCUT2D eigenvalue weighted by Gasteiger charge is -2.13. The first-order valence-electron chi connectivity index (χ1n) is 6.43. The first-order valence-corrected chi connectivity index (χ1v) is 6.43. The summed E-state index contributed by atoms with van der Waals surface area (Å²) in [7, 11) is 0. The maximum atomic E-state index is 12.7. The van der Waals surface area contributed by atoms with Crippen LogP contribution in [0.3, 0.4) is 0 Å². The molecule has 104 valence electrons. The lowest BCUT2D eigenvalue weighted by molar-refractivity contribution is 0.106. The molecular weight excluding hydrogens is 245 g/mol. The Bertz CT molecular complexity index is 386. The summed E-state index contributed by atoms with van der Waals surface area (Å²) < 4.78 is 18.0. The molecule has 0 aliphatic heterocycles. The SMILES string of the molecule is C#CCCCCNCC(O)COc1ccc(F)cc1. The van der Waals surface area contributed by atoms with Crippen molar-refractivity contribution in [3.05, 3.63) is 30.1 Å². The molecule has 0 fully saturated rings. The van der Waals surface area contributed by atoms with Crippen LogP contribution in [0.25, 0.3) is 0 Å². The van der Waals surface area contributed by atoms with Gasteiger partial charge in [0.25, 0.3) is 0 Å². The average Bonchev–Trinajstić information content (AvgIpc) is 2.42. The van der Waals surface area contributed by atoms with E-state index in [9.17, 15) is 9.50 Å². The molecule has 1 atom stereocenters. The number of rotatable bonds is 9. The lowest BCUT2D eigenvalue weighted by atomic mass is 10.2. The quantitative estimate of drug-likeness (QED) is 0.530. The summed E-state index contributed by atoms with van der Waals surface area (Å²) in [6, 6.07) is 5.72. The molecule has 0 bridgehead atoms. The first kappa shape index (κ1) is 15.5. The van der Waals surface area contributed by atoms with Gasteiger partial charge in [-0.15, -0.1) is 12.3 Å². The van der Waals surface area contributed by atoms with Gasteiger partial charge in [-0.25, -0.2) is 4.39 Å². The Morgan fingerprint density at radius 1 is 1.32 bits per heavy atom. The van der Waals surface area contributed by atoms with Crippen LogP contribution in [0.1, 0.15) is 19.3 Å². The summed E-state index contributed by atoms with van der Waals surface area (Å²) in [5.41, 5.74) is 0. The largest absolute Gasteiger partial charge is 0.491 e. The Balaban J connectivity index is 2.06. The smallest absolute Gasteiger partial charge is 0.123 e. The molecule has 0 amide bonds. The fraction of sp³-hybridized carbons (Fsp3) is 0.467. The second kappa shape index (κ2) is 9.37. The van der Waals surface area contributed by atoms with Crippen LogP contribution in [-0.2, 0) is 0 Å². The molecule has 0 aliphatic rings. The zero-order valence-corrected chi connectivity index (χ0v) is 10.9. The zero-order valence-electron chi connectivity index (χ0n) is 10.9. The van der Waals surface area contributed by atoms with Crippen LogP contribution >= 0.6 is 0 Å². The predicted octanol–water partition coefficient (Wildman–Crippen LogP) is 1.96. The summed E-state index contributed by atoms with van der Waals surface area (Å²) in [6.07, 6.45) is 7.34.